The summed E-state index contributed by atoms with van der Waals surface area (Å²) in [5, 5.41) is 4.77. The Morgan fingerprint density at radius 3 is 2.68 bits per heavy atom. The van der Waals surface area contributed by atoms with E-state index in [1.54, 1.807) is 19.3 Å². The lowest BCUT2D eigenvalue weighted by atomic mass is 10.2. The van der Waals surface area contributed by atoms with Gasteiger partial charge in [-0.1, -0.05) is 11.6 Å². The molecular weight excluding hydrogens is 336 g/mol. The number of anilines is 3. The molecule has 0 unspecified atom stereocenters. The zero-order valence-corrected chi connectivity index (χ0v) is 14.2. The van der Waals surface area contributed by atoms with Crippen LogP contribution >= 0.6 is 11.6 Å². The summed E-state index contributed by atoms with van der Waals surface area (Å²) in [7, 11) is 0. The normalized spacial score (nSPS) is 11.0. The Morgan fingerprint density at radius 2 is 1.88 bits per heavy atom. The second-order valence-corrected chi connectivity index (χ2v) is 6.00. The molecule has 0 atom stereocenters. The smallest absolute Gasteiger partial charge is 0.222 e. The van der Waals surface area contributed by atoms with Gasteiger partial charge in [-0.3, -0.25) is 4.98 Å². The predicted octanol–water partition coefficient (Wildman–Crippen LogP) is 4.10. The van der Waals surface area contributed by atoms with Crippen molar-refractivity contribution in [3.05, 3.63) is 65.7 Å². The molecule has 0 aliphatic rings. The molecule has 124 valence electrons. The third kappa shape index (κ3) is 2.88. The molecule has 0 fully saturated rings. The molecule has 0 bridgehead atoms. The van der Waals surface area contributed by atoms with Crippen molar-refractivity contribution in [1.29, 1.82) is 0 Å². The van der Waals surface area contributed by atoms with E-state index in [9.17, 15) is 0 Å². The average molecular weight is 351 g/mol. The molecule has 0 spiro atoms. The number of hydrogen-bond acceptors (Lipinski definition) is 5. The summed E-state index contributed by atoms with van der Waals surface area (Å²) in [6, 6.07) is 12.1. The van der Waals surface area contributed by atoms with E-state index in [4.69, 9.17) is 17.3 Å². The Balaban J connectivity index is 1.72. The van der Waals surface area contributed by atoms with Gasteiger partial charge in [0.15, 0.2) is 5.82 Å². The number of nitrogens with one attached hydrogen (secondary N) is 1. The fourth-order valence-corrected chi connectivity index (χ4v) is 2.88. The molecule has 0 aliphatic heterocycles. The summed E-state index contributed by atoms with van der Waals surface area (Å²) in [5.41, 5.74) is 9.39. The van der Waals surface area contributed by atoms with Crippen LogP contribution in [0.2, 0.25) is 5.02 Å². The zero-order chi connectivity index (χ0) is 17.4. The predicted molar refractivity (Wildman–Crippen MR) is 101 cm³/mol. The van der Waals surface area contributed by atoms with E-state index in [0.717, 1.165) is 22.3 Å². The van der Waals surface area contributed by atoms with Gasteiger partial charge in [-0.05, 0) is 43.3 Å². The first-order valence-electron chi connectivity index (χ1n) is 7.70. The van der Waals surface area contributed by atoms with Gasteiger partial charge >= 0.3 is 0 Å². The van der Waals surface area contributed by atoms with Crippen LogP contribution in [0.25, 0.3) is 16.6 Å². The van der Waals surface area contributed by atoms with Crippen molar-refractivity contribution in [2.24, 2.45) is 0 Å². The summed E-state index contributed by atoms with van der Waals surface area (Å²) in [4.78, 5) is 12.3. The molecule has 0 radical (unpaired) electrons. The molecule has 7 heteroatoms. The van der Waals surface area contributed by atoms with Crippen LogP contribution in [-0.4, -0.2) is 19.5 Å². The van der Waals surface area contributed by atoms with Crippen LogP contribution in [0.4, 0.5) is 17.5 Å². The zero-order valence-electron chi connectivity index (χ0n) is 13.4. The van der Waals surface area contributed by atoms with E-state index >= 15 is 0 Å². The monoisotopic (exact) mass is 350 g/mol. The molecule has 0 aliphatic carbocycles. The number of aryl methyl sites for hydroxylation is 1. The highest BCUT2D eigenvalue weighted by Crippen LogP contribution is 2.29. The number of nitrogens with zero attached hydrogens (tertiary/aromatic N) is 4. The summed E-state index contributed by atoms with van der Waals surface area (Å²) in [6.07, 6.45) is 5.59. The number of halogens is 1. The number of aromatic nitrogens is 4. The Bertz CT molecular complexity index is 1060. The van der Waals surface area contributed by atoms with Crippen LogP contribution in [0.3, 0.4) is 0 Å². The van der Waals surface area contributed by atoms with E-state index in [0.29, 0.717) is 16.5 Å². The summed E-state index contributed by atoms with van der Waals surface area (Å²) < 4.78 is 2.11. The Labute approximate surface area is 149 Å². The van der Waals surface area contributed by atoms with Crippen LogP contribution in [0.1, 0.15) is 5.69 Å². The quantitative estimate of drug-likeness (QED) is 0.581. The van der Waals surface area contributed by atoms with Crippen LogP contribution in [0.5, 0.6) is 0 Å². The van der Waals surface area contributed by atoms with Gasteiger partial charge in [-0.25, -0.2) is 4.98 Å². The molecule has 25 heavy (non-hydrogen) atoms. The minimum absolute atomic E-state index is 0.189. The first-order valence-corrected chi connectivity index (χ1v) is 8.08. The lowest BCUT2D eigenvalue weighted by Crippen LogP contribution is -2.03. The Kier molecular flexibility index (Phi) is 3.74. The molecule has 4 rings (SSSR count). The van der Waals surface area contributed by atoms with Crippen molar-refractivity contribution in [1.82, 2.24) is 19.5 Å². The van der Waals surface area contributed by atoms with E-state index < -0.39 is 0 Å². The maximum Gasteiger partial charge on any atom is 0.222 e. The topological polar surface area (TPSA) is 81.6 Å². The van der Waals surface area contributed by atoms with Crippen LogP contribution in [0.15, 0.2) is 55.0 Å². The SMILES string of the molecule is Cc1nc(N)nc(Nc2ccc3c(ccn3-c3ccncc3)c2)c1Cl. The van der Waals surface area contributed by atoms with E-state index in [2.05, 4.69) is 30.9 Å². The van der Waals surface area contributed by atoms with Gasteiger partial charge in [0, 0.05) is 35.4 Å². The summed E-state index contributed by atoms with van der Waals surface area (Å²) in [5.74, 6) is 0.689. The number of fused-ring (bicyclic) bond motifs is 1. The van der Waals surface area contributed by atoms with Gasteiger partial charge in [-0.2, -0.15) is 4.98 Å². The number of nitrogens with two attached hydrogens (primary N) is 1. The van der Waals surface area contributed by atoms with Crippen molar-refractivity contribution in [2.75, 3.05) is 11.1 Å². The lowest BCUT2D eigenvalue weighted by Gasteiger charge is -2.10. The number of hydrogen-bond donors (Lipinski definition) is 2. The van der Waals surface area contributed by atoms with Crippen molar-refractivity contribution < 1.29 is 0 Å². The molecule has 3 aromatic heterocycles. The molecule has 4 aromatic rings. The van der Waals surface area contributed by atoms with Crippen LogP contribution < -0.4 is 11.1 Å². The molecule has 0 amide bonds. The molecular formula is C18H15ClN6. The van der Waals surface area contributed by atoms with Crippen molar-refractivity contribution in [3.8, 4) is 5.69 Å². The molecule has 6 nitrogen and oxygen atoms in total. The second-order valence-electron chi connectivity index (χ2n) is 5.62. The van der Waals surface area contributed by atoms with Gasteiger partial charge in [0.05, 0.1) is 11.2 Å². The summed E-state index contributed by atoms with van der Waals surface area (Å²) in [6.45, 7) is 1.80. The fraction of sp³-hybridized carbons (Fsp3) is 0.0556. The largest absolute Gasteiger partial charge is 0.368 e. The van der Waals surface area contributed by atoms with E-state index in [1.807, 2.05) is 36.5 Å². The first kappa shape index (κ1) is 15.4. The van der Waals surface area contributed by atoms with Gasteiger partial charge in [0.2, 0.25) is 5.95 Å². The summed E-state index contributed by atoms with van der Waals surface area (Å²) >= 11 is 6.26. The van der Waals surface area contributed by atoms with Gasteiger partial charge in [0.25, 0.3) is 0 Å². The van der Waals surface area contributed by atoms with Gasteiger partial charge in [-0.15, -0.1) is 0 Å². The number of rotatable bonds is 3. The lowest BCUT2D eigenvalue weighted by molar-refractivity contribution is 1.11. The van der Waals surface area contributed by atoms with Gasteiger partial charge < -0.3 is 15.6 Å². The first-order chi connectivity index (χ1) is 12.1. The highest BCUT2D eigenvalue weighted by molar-refractivity contribution is 6.33. The van der Waals surface area contributed by atoms with E-state index in [1.165, 1.54) is 0 Å². The standard InChI is InChI=1S/C18H15ClN6/c1-11-16(19)17(24-18(20)22-11)23-13-2-3-15-12(10-13)6-9-25(15)14-4-7-21-8-5-14/h2-10H,1H3,(H3,20,22,23,24). The van der Waals surface area contributed by atoms with Crippen LogP contribution in [-0.2, 0) is 0 Å². The average Bonchev–Trinajstić information content (AvgIpc) is 3.03. The van der Waals surface area contributed by atoms with Crippen LogP contribution in [0, 0.1) is 6.92 Å². The molecule has 3 heterocycles. The Morgan fingerprint density at radius 1 is 1.08 bits per heavy atom. The maximum atomic E-state index is 6.26. The molecule has 1 aromatic carbocycles. The third-order valence-corrected chi connectivity index (χ3v) is 4.38. The van der Waals surface area contributed by atoms with E-state index in [-0.39, 0.29) is 5.95 Å². The third-order valence-electron chi connectivity index (χ3n) is 3.93. The fourth-order valence-electron chi connectivity index (χ4n) is 2.75. The second kappa shape index (κ2) is 6.07. The van der Waals surface area contributed by atoms with Crippen molar-refractivity contribution >= 4 is 40.0 Å². The minimum atomic E-state index is 0.189. The number of pyridine rings is 1. The highest BCUT2D eigenvalue weighted by Gasteiger charge is 2.10. The molecule has 3 N–H and O–H groups in total. The highest BCUT2D eigenvalue weighted by atomic mass is 35.5. The Hall–Kier alpha value is -3.12. The number of benzene rings is 1. The molecule has 0 saturated heterocycles. The van der Waals surface area contributed by atoms with Gasteiger partial charge in [0.1, 0.15) is 5.02 Å². The maximum absolute atomic E-state index is 6.26. The minimum Gasteiger partial charge on any atom is -0.368 e. The molecule has 0 saturated carbocycles. The van der Waals surface area contributed by atoms with Crippen molar-refractivity contribution in [3.63, 3.8) is 0 Å². The number of nitrogen functional groups attached to an aromatic ring is 1. The van der Waals surface area contributed by atoms with Crippen molar-refractivity contribution in [2.45, 2.75) is 6.92 Å².